The van der Waals surface area contributed by atoms with Crippen LogP contribution in [-0.2, 0) is 16.1 Å². The standard InChI is InChI=1S/C5H11NO4S/c1-3(2)4(5(7)8)6-11(9)10/h3-4,6H,1-2H3,(H,7,8)(H,9,10)/p-1. The fourth-order valence-electron chi connectivity index (χ4n) is 0.575. The van der Waals surface area contributed by atoms with Crippen LogP contribution < -0.4 is 4.72 Å². The van der Waals surface area contributed by atoms with Gasteiger partial charge in [0.1, 0.15) is 6.04 Å². The highest BCUT2D eigenvalue weighted by Crippen LogP contribution is 2.01. The molecule has 0 aromatic rings. The largest absolute Gasteiger partial charge is 0.760 e. The predicted octanol–water partition coefficient (Wildman–Crippen LogP) is -0.521. The summed E-state index contributed by atoms with van der Waals surface area (Å²) in [5.41, 5.74) is 0. The summed E-state index contributed by atoms with van der Waals surface area (Å²) in [7, 11) is 0. The molecule has 0 saturated heterocycles. The summed E-state index contributed by atoms with van der Waals surface area (Å²) in [6, 6.07) is -1.03. The third-order valence-corrected chi connectivity index (χ3v) is 1.60. The molecule has 2 unspecified atom stereocenters. The fraction of sp³-hybridized carbons (Fsp3) is 0.800. The molecule has 11 heavy (non-hydrogen) atoms. The van der Waals surface area contributed by atoms with E-state index >= 15 is 0 Å². The van der Waals surface area contributed by atoms with Gasteiger partial charge in [0, 0.05) is 11.3 Å². The van der Waals surface area contributed by atoms with Crippen molar-refractivity contribution in [2.45, 2.75) is 19.9 Å². The van der Waals surface area contributed by atoms with E-state index in [9.17, 15) is 13.6 Å². The molecule has 0 bridgehead atoms. The molecule has 2 atom stereocenters. The molecule has 2 N–H and O–H groups in total. The molecule has 0 aliphatic rings. The van der Waals surface area contributed by atoms with Crippen molar-refractivity contribution < 1.29 is 18.7 Å². The Hall–Kier alpha value is -0.460. The minimum absolute atomic E-state index is 0.259. The van der Waals surface area contributed by atoms with Crippen molar-refractivity contribution in [3.63, 3.8) is 0 Å². The molecule has 0 aromatic heterocycles. The quantitative estimate of drug-likeness (QED) is 0.569. The Morgan fingerprint density at radius 1 is 1.64 bits per heavy atom. The average Bonchev–Trinajstić information content (AvgIpc) is 1.81. The van der Waals surface area contributed by atoms with Gasteiger partial charge >= 0.3 is 5.97 Å². The van der Waals surface area contributed by atoms with E-state index < -0.39 is 23.3 Å². The lowest BCUT2D eigenvalue weighted by atomic mass is 10.1. The van der Waals surface area contributed by atoms with E-state index in [1.807, 2.05) is 4.72 Å². The average molecular weight is 180 g/mol. The van der Waals surface area contributed by atoms with Gasteiger partial charge in [-0.2, -0.15) is 0 Å². The van der Waals surface area contributed by atoms with Crippen molar-refractivity contribution >= 4 is 17.2 Å². The zero-order chi connectivity index (χ0) is 9.02. The van der Waals surface area contributed by atoms with E-state index in [0.29, 0.717) is 0 Å². The van der Waals surface area contributed by atoms with Crippen LogP contribution in [0.2, 0.25) is 0 Å². The number of hydrogen-bond donors (Lipinski definition) is 2. The summed E-state index contributed by atoms with van der Waals surface area (Å²) in [4.78, 5) is 10.3. The monoisotopic (exact) mass is 180 g/mol. The number of carboxylic acid groups (broad SMARTS) is 1. The summed E-state index contributed by atoms with van der Waals surface area (Å²) in [5, 5.41) is 8.46. The van der Waals surface area contributed by atoms with Crippen LogP contribution in [0.1, 0.15) is 13.8 Å². The first kappa shape index (κ1) is 10.5. The minimum Gasteiger partial charge on any atom is -0.760 e. The van der Waals surface area contributed by atoms with Crippen LogP contribution in [0.5, 0.6) is 0 Å². The van der Waals surface area contributed by atoms with Crippen LogP contribution >= 0.6 is 0 Å². The van der Waals surface area contributed by atoms with Crippen LogP contribution in [0.15, 0.2) is 0 Å². The molecule has 66 valence electrons. The molecule has 0 fully saturated rings. The third kappa shape index (κ3) is 4.07. The molecule has 0 heterocycles. The molecule has 0 radical (unpaired) electrons. The van der Waals surface area contributed by atoms with Gasteiger partial charge in [-0.3, -0.25) is 9.00 Å². The predicted molar refractivity (Wildman–Crippen MR) is 38.3 cm³/mol. The van der Waals surface area contributed by atoms with Crippen LogP contribution in [-0.4, -0.2) is 25.9 Å². The first-order chi connectivity index (χ1) is 4.95. The van der Waals surface area contributed by atoms with Gasteiger partial charge in [0.05, 0.1) is 0 Å². The van der Waals surface area contributed by atoms with Crippen LogP contribution in [0.4, 0.5) is 0 Å². The van der Waals surface area contributed by atoms with Gasteiger partial charge in [0.2, 0.25) is 0 Å². The number of rotatable bonds is 4. The van der Waals surface area contributed by atoms with E-state index in [2.05, 4.69) is 0 Å². The molecule has 0 spiro atoms. The Kier molecular flexibility index (Phi) is 4.24. The maximum absolute atomic E-state index is 10.3. The van der Waals surface area contributed by atoms with E-state index in [-0.39, 0.29) is 5.92 Å². The van der Waals surface area contributed by atoms with Crippen molar-refractivity contribution in [2.24, 2.45) is 5.92 Å². The van der Waals surface area contributed by atoms with Gasteiger partial charge in [0.25, 0.3) is 0 Å². The number of carbonyl (C=O) groups is 1. The molecule has 0 aromatic carbocycles. The molecular formula is C5H10NO4S-. The summed E-state index contributed by atoms with van der Waals surface area (Å²) >= 11 is -2.52. The molecule has 0 aliphatic carbocycles. The maximum Gasteiger partial charge on any atom is 0.321 e. The van der Waals surface area contributed by atoms with Gasteiger partial charge in [-0.15, -0.1) is 0 Å². The van der Waals surface area contributed by atoms with Gasteiger partial charge in [-0.25, -0.2) is 4.72 Å². The summed E-state index contributed by atoms with van der Waals surface area (Å²) < 4.78 is 22.0. The molecule has 0 saturated carbocycles. The minimum atomic E-state index is -2.52. The molecule has 0 amide bonds. The zero-order valence-corrected chi connectivity index (χ0v) is 7.05. The Morgan fingerprint density at radius 2 is 2.09 bits per heavy atom. The molecule has 0 rings (SSSR count). The maximum atomic E-state index is 10.3. The second-order valence-corrected chi connectivity index (χ2v) is 3.12. The van der Waals surface area contributed by atoms with E-state index in [1.54, 1.807) is 13.8 Å². The van der Waals surface area contributed by atoms with Crippen LogP contribution in [0.25, 0.3) is 0 Å². The third-order valence-electron chi connectivity index (χ3n) is 1.16. The first-order valence-corrected chi connectivity index (χ1v) is 4.11. The van der Waals surface area contributed by atoms with Gasteiger partial charge in [0.15, 0.2) is 0 Å². The topological polar surface area (TPSA) is 89.5 Å². The summed E-state index contributed by atoms with van der Waals surface area (Å²) in [6.45, 7) is 3.25. The second kappa shape index (κ2) is 4.42. The van der Waals surface area contributed by atoms with Crippen molar-refractivity contribution in [3.8, 4) is 0 Å². The summed E-state index contributed by atoms with van der Waals surface area (Å²) in [5.74, 6) is -1.42. The molecule has 6 heteroatoms. The number of hydrogen-bond acceptors (Lipinski definition) is 3. The lowest BCUT2D eigenvalue weighted by Gasteiger charge is -2.18. The second-order valence-electron chi connectivity index (χ2n) is 2.41. The number of nitrogens with one attached hydrogen (secondary N) is 1. The summed E-state index contributed by atoms with van der Waals surface area (Å²) in [6.07, 6.45) is 0. The van der Waals surface area contributed by atoms with E-state index in [0.717, 1.165) is 0 Å². The first-order valence-electron chi connectivity index (χ1n) is 3.03. The normalized spacial score (nSPS) is 16.4. The van der Waals surface area contributed by atoms with Crippen molar-refractivity contribution in [1.82, 2.24) is 4.72 Å². The van der Waals surface area contributed by atoms with Crippen LogP contribution in [0, 0.1) is 5.92 Å². The SMILES string of the molecule is CC(C)C(NS(=O)[O-])C(=O)O. The smallest absolute Gasteiger partial charge is 0.321 e. The molecule has 5 nitrogen and oxygen atoms in total. The van der Waals surface area contributed by atoms with E-state index in [4.69, 9.17) is 5.11 Å². The zero-order valence-electron chi connectivity index (χ0n) is 6.23. The highest BCUT2D eigenvalue weighted by molar-refractivity contribution is 7.77. The van der Waals surface area contributed by atoms with Gasteiger partial charge < -0.3 is 9.66 Å². The van der Waals surface area contributed by atoms with Crippen molar-refractivity contribution in [1.29, 1.82) is 0 Å². The molecule has 0 aliphatic heterocycles. The van der Waals surface area contributed by atoms with Crippen molar-refractivity contribution in [2.75, 3.05) is 0 Å². The fourth-order valence-corrected chi connectivity index (χ4v) is 1.16. The lowest BCUT2D eigenvalue weighted by Crippen LogP contribution is -2.41. The van der Waals surface area contributed by atoms with Gasteiger partial charge in [-0.1, -0.05) is 13.8 Å². The highest BCUT2D eigenvalue weighted by Gasteiger charge is 2.20. The number of aliphatic carboxylic acids is 1. The van der Waals surface area contributed by atoms with E-state index in [1.165, 1.54) is 0 Å². The highest BCUT2D eigenvalue weighted by atomic mass is 32.2. The lowest BCUT2D eigenvalue weighted by molar-refractivity contribution is -0.140. The van der Waals surface area contributed by atoms with Crippen molar-refractivity contribution in [3.05, 3.63) is 0 Å². The molecular weight excluding hydrogens is 170 g/mol. The Balaban J connectivity index is 4.12. The van der Waals surface area contributed by atoms with Gasteiger partial charge in [-0.05, 0) is 5.92 Å². The Bertz CT molecular complexity index is 170. The van der Waals surface area contributed by atoms with Crippen LogP contribution in [0.3, 0.4) is 0 Å². The number of carboxylic acids is 1. The Morgan fingerprint density at radius 3 is 2.18 bits per heavy atom. The Labute approximate surface area is 67.2 Å².